The van der Waals surface area contributed by atoms with Crippen LogP contribution in [0.15, 0.2) is 42.5 Å². The molecule has 0 aliphatic rings. The fourth-order valence-corrected chi connectivity index (χ4v) is 2.37. The number of esters is 3. The molecule has 0 radical (unpaired) electrons. The van der Waals surface area contributed by atoms with Crippen LogP contribution in [0.1, 0.15) is 37.8 Å². The topological polar surface area (TPSA) is 116 Å². The van der Waals surface area contributed by atoms with E-state index in [9.17, 15) is 19.2 Å². The molecule has 2 rings (SSSR count). The number of carboxylic acid groups (broad SMARTS) is 1. The normalized spacial score (nSPS) is 10.5. The number of carbonyl (C=O) groups is 4. The third-order valence-electron chi connectivity index (χ3n) is 3.55. The van der Waals surface area contributed by atoms with Gasteiger partial charge in [-0.1, -0.05) is 24.3 Å². The molecule has 8 nitrogen and oxygen atoms in total. The van der Waals surface area contributed by atoms with Crippen LogP contribution in [0, 0.1) is 0 Å². The van der Waals surface area contributed by atoms with Crippen LogP contribution in [0.3, 0.4) is 0 Å². The van der Waals surface area contributed by atoms with E-state index < -0.39 is 23.9 Å². The van der Waals surface area contributed by atoms with Gasteiger partial charge in [0.1, 0.15) is 17.2 Å². The molecule has 0 aromatic heterocycles. The van der Waals surface area contributed by atoms with Crippen molar-refractivity contribution in [3.63, 3.8) is 0 Å². The van der Waals surface area contributed by atoms with Gasteiger partial charge < -0.3 is 19.3 Å². The van der Waals surface area contributed by atoms with Crippen LogP contribution in [0.5, 0.6) is 17.2 Å². The maximum Gasteiger partial charge on any atom is 0.311 e. The Hall–Kier alpha value is -3.94. The zero-order valence-electron chi connectivity index (χ0n) is 16.4. The number of ether oxygens (including phenoxy) is 3. The minimum Gasteiger partial charge on any atom is -0.481 e. The van der Waals surface area contributed by atoms with E-state index in [2.05, 4.69) is 0 Å². The zero-order chi connectivity index (χ0) is 22.1. The standard InChI is InChI=1S/C22H20O8/c1-14(23)28-18-7-5-16(6-8-18)3-4-17-11-19(29-15(2)24)13-20(12-17)30-22(27)10-9-21(25)26/h3-8,11-13H,9-10H2,1-2H3,(H,25,26)/b4-3+. The summed E-state index contributed by atoms with van der Waals surface area (Å²) < 4.78 is 15.2. The summed E-state index contributed by atoms with van der Waals surface area (Å²) >= 11 is 0. The number of hydrogen-bond donors (Lipinski definition) is 1. The van der Waals surface area contributed by atoms with Gasteiger partial charge in [0.25, 0.3) is 0 Å². The second-order valence-corrected chi connectivity index (χ2v) is 6.20. The summed E-state index contributed by atoms with van der Waals surface area (Å²) in [6, 6.07) is 11.3. The molecular formula is C22H20O8. The summed E-state index contributed by atoms with van der Waals surface area (Å²) in [4.78, 5) is 44.6. The van der Waals surface area contributed by atoms with Crippen molar-refractivity contribution in [1.82, 2.24) is 0 Å². The average Bonchev–Trinajstić information content (AvgIpc) is 2.65. The van der Waals surface area contributed by atoms with Crippen molar-refractivity contribution in [3.8, 4) is 17.2 Å². The smallest absolute Gasteiger partial charge is 0.311 e. The van der Waals surface area contributed by atoms with Crippen molar-refractivity contribution in [2.45, 2.75) is 26.7 Å². The van der Waals surface area contributed by atoms with E-state index in [4.69, 9.17) is 19.3 Å². The summed E-state index contributed by atoms with van der Waals surface area (Å²) in [5.41, 5.74) is 1.39. The van der Waals surface area contributed by atoms with E-state index in [0.717, 1.165) is 5.56 Å². The van der Waals surface area contributed by atoms with E-state index in [1.54, 1.807) is 48.6 Å². The maximum absolute atomic E-state index is 11.8. The van der Waals surface area contributed by atoms with E-state index in [0.29, 0.717) is 11.3 Å². The number of rotatable bonds is 8. The van der Waals surface area contributed by atoms with Gasteiger partial charge in [0.15, 0.2) is 0 Å². The largest absolute Gasteiger partial charge is 0.481 e. The SMILES string of the molecule is CC(=O)Oc1ccc(/C=C/c2cc(OC(C)=O)cc(OC(=O)CCC(=O)O)c2)cc1. The number of carbonyl (C=O) groups excluding carboxylic acids is 3. The van der Waals surface area contributed by atoms with Crippen molar-refractivity contribution in [2.75, 3.05) is 0 Å². The first-order valence-corrected chi connectivity index (χ1v) is 8.94. The molecule has 0 saturated carbocycles. The molecule has 0 saturated heterocycles. The molecule has 0 spiro atoms. The van der Waals surface area contributed by atoms with Gasteiger partial charge in [-0.3, -0.25) is 19.2 Å². The fourth-order valence-electron chi connectivity index (χ4n) is 2.37. The van der Waals surface area contributed by atoms with Crippen molar-refractivity contribution >= 4 is 36.0 Å². The summed E-state index contributed by atoms with van der Waals surface area (Å²) in [6.45, 7) is 2.56. The Morgan fingerprint density at radius 2 is 1.27 bits per heavy atom. The highest BCUT2D eigenvalue weighted by molar-refractivity contribution is 5.79. The van der Waals surface area contributed by atoms with Crippen LogP contribution in [0.4, 0.5) is 0 Å². The summed E-state index contributed by atoms with van der Waals surface area (Å²) in [5.74, 6) is -2.05. The zero-order valence-corrected chi connectivity index (χ0v) is 16.4. The van der Waals surface area contributed by atoms with Crippen LogP contribution in [-0.2, 0) is 19.2 Å². The van der Waals surface area contributed by atoms with E-state index in [1.165, 1.54) is 19.9 Å². The summed E-state index contributed by atoms with van der Waals surface area (Å²) in [6.07, 6.45) is 2.84. The number of benzene rings is 2. The molecule has 2 aromatic carbocycles. The maximum atomic E-state index is 11.8. The highest BCUT2D eigenvalue weighted by Crippen LogP contribution is 2.25. The molecule has 2 aromatic rings. The van der Waals surface area contributed by atoms with Crippen LogP contribution >= 0.6 is 0 Å². The fraction of sp³-hybridized carbons (Fsp3) is 0.182. The molecule has 0 unspecified atom stereocenters. The van der Waals surface area contributed by atoms with E-state index in [-0.39, 0.29) is 24.3 Å². The lowest BCUT2D eigenvalue weighted by atomic mass is 10.1. The van der Waals surface area contributed by atoms with Gasteiger partial charge in [0.05, 0.1) is 12.8 Å². The second-order valence-electron chi connectivity index (χ2n) is 6.20. The monoisotopic (exact) mass is 412 g/mol. The Kier molecular flexibility index (Phi) is 7.87. The predicted octanol–water partition coefficient (Wildman–Crippen LogP) is 3.48. The lowest BCUT2D eigenvalue weighted by Crippen LogP contribution is -2.10. The van der Waals surface area contributed by atoms with Gasteiger partial charge in [0.2, 0.25) is 0 Å². The molecule has 0 amide bonds. The van der Waals surface area contributed by atoms with Crippen LogP contribution < -0.4 is 14.2 Å². The van der Waals surface area contributed by atoms with Gasteiger partial charge in [0, 0.05) is 19.9 Å². The van der Waals surface area contributed by atoms with Crippen molar-refractivity contribution in [3.05, 3.63) is 53.6 Å². The number of carboxylic acids is 1. The summed E-state index contributed by atoms with van der Waals surface area (Å²) in [7, 11) is 0. The molecule has 156 valence electrons. The van der Waals surface area contributed by atoms with Crippen LogP contribution in [0.2, 0.25) is 0 Å². The van der Waals surface area contributed by atoms with E-state index in [1.807, 2.05) is 0 Å². The van der Waals surface area contributed by atoms with Crippen LogP contribution in [-0.4, -0.2) is 29.0 Å². The molecule has 0 aliphatic heterocycles. The highest BCUT2D eigenvalue weighted by atomic mass is 16.5. The van der Waals surface area contributed by atoms with Gasteiger partial charge in [-0.05, 0) is 35.4 Å². The molecule has 8 heteroatoms. The lowest BCUT2D eigenvalue weighted by Gasteiger charge is -2.08. The predicted molar refractivity (Wildman–Crippen MR) is 107 cm³/mol. The highest BCUT2D eigenvalue weighted by Gasteiger charge is 2.10. The third kappa shape index (κ3) is 7.97. The third-order valence-corrected chi connectivity index (χ3v) is 3.55. The Bertz CT molecular complexity index is 973. The first-order valence-electron chi connectivity index (χ1n) is 8.94. The minimum atomic E-state index is -1.11. The first-order chi connectivity index (χ1) is 14.2. The van der Waals surface area contributed by atoms with Crippen LogP contribution in [0.25, 0.3) is 12.2 Å². The van der Waals surface area contributed by atoms with Gasteiger partial charge in [-0.15, -0.1) is 0 Å². The van der Waals surface area contributed by atoms with Crippen molar-refractivity contribution < 1.29 is 38.5 Å². The lowest BCUT2D eigenvalue weighted by molar-refractivity contribution is -0.142. The number of hydrogen-bond acceptors (Lipinski definition) is 7. The quantitative estimate of drug-likeness (QED) is 0.398. The van der Waals surface area contributed by atoms with Crippen molar-refractivity contribution in [1.29, 1.82) is 0 Å². The molecule has 0 bridgehead atoms. The summed E-state index contributed by atoms with van der Waals surface area (Å²) in [5, 5.41) is 8.66. The van der Waals surface area contributed by atoms with Gasteiger partial charge in [-0.2, -0.15) is 0 Å². The average molecular weight is 412 g/mol. The second kappa shape index (κ2) is 10.6. The molecule has 30 heavy (non-hydrogen) atoms. The minimum absolute atomic E-state index is 0.119. The Morgan fingerprint density at radius 1 is 0.733 bits per heavy atom. The Morgan fingerprint density at radius 3 is 1.83 bits per heavy atom. The van der Waals surface area contributed by atoms with Crippen molar-refractivity contribution in [2.24, 2.45) is 0 Å². The van der Waals surface area contributed by atoms with Gasteiger partial charge in [-0.25, -0.2) is 0 Å². The Labute approximate surface area is 172 Å². The molecule has 0 fully saturated rings. The molecule has 0 atom stereocenters. The van der Waals surface area contributed by atoms with E-state index >= 15 is 0 Å². The van der Waals surface area contributed by atoms with Gasteiger partial charge >= 0.3 is 23.9 Å². The number of aliphatic carboxylic acids is 1. The Balaban J connectivity index is 2.19. The molecular weight excluding hydrogens is 392 g/mol. The molecule has 1 N–H and O–H groups in total. The molecule has 0 aliphatic carbocycles. The molecule has 0 heterocycles. The first kappa shape index (κ1) is 22.4.